The summed E-state index contributed by atoms with van der Waals surface area (Å²) >= 11 is 0. The van der Waals surface area contributed by atoms with E-state index >= 15 is 0 Å². The molecule has 0 bridgehead atoms. The summed E-state index contributed by atoms with van der Waals surface area (Å²) in [5, 5.41) is 17.1. The van der Waals surface area contributed by atoms with Crippen LogP contribution in [0.1, 0.15) is 41.0 Å². The first-order chi connectivity index (χ1) is 16.1. The standard InChI is InChI=1S/C25H34N4O5.ClH/c1-6-33-20-9-7-8-10-21(20)34-18-14-23(30)29(15-18)19(13-17(2)3)24(31)26-22-11-12-28(27-22)16-25(4,5)32;/h7-12,14,17,19,32H,6,13,15-16H2,1-5H3,(H,26,27,31);1H/t19-;/m0./s1. The molecule has 1 atom stereocenters. The van der Waals surface area contributed by atoms with Gasteiger partial charge >= 0.3 is 0 Å². The Morgan fingerprint density at radius 2 is 1.91 bits per heavy atom. The zero-order valence-corrected chi connectivity index (χ0v) is 21.7. The molecule has 3 rings (SSSR count). The zero-order valence-electron chi connectivity index (χ0n) is 20.9. The molecule has 0 aliphatic carbocycles. The number of nitrogens with zero attached hydrogens (tertiary/aromatic N) is 3. The van der Waals surface area contributed by atoms with Gasteiger partial charge in [0.25, 0.3) is 5.91 Å². The predicted molar refractivity (Wildman–Crippen MR) is 136 cm³/mol. The van der Waals surface area contributed by atoms with Crippen molar-refractivity contribution in [3.63, 3.8) is 0 Å². The van der Waals surface area contributed by atoms with Crippen molar-refractivity contribution >= 4 is 30.0 Å². The summed E-state index contributed by atoms with van der Waals surface area (Å²) in [7, 11) is 0. The van der Waals surface area contributed by atoms with Gasteiger partial charge in [-0.05, 0) is 45.2 Å². The molecule has 1 aliphatic rings. The molecule has 192 valence electrons. The third kappa shape index (κ3) is 8.00. The quantitative estimate of drug-likeness (QED) is 0.482. The normalized spacial score (nSPS) is 14.4. The summed E-state index contributed by atoms with van der Waals surface area (Å²) in [6, 6.07) is 8.25. The number of halogens is 1. The van der Waals surface area contributed by atoms with E-state index < -0.39 is 11.6 Å². The molecule has 9 nitrogen and oxygen atoms in total. The summed E-state index contributed by atoms with van der Waals surface area (Å²) in [5.41, 5.74) is -0.932. The van der Waals surface area contributed by atoms with E-state index in [0.29, 0.717) is 36.1 Å². The van der Waals surface area contributed by atoms with Crippen LogP contribution in [0.5, 0.6) is 11.5 Å². The van der Waals surface area contributed by atoms with Crippen molar-refractivity contribution in [3.8, 4) is 11.5 Å². The van der Waals surface area contributed by atoms with Crippen molar-refractivity contribution in [2.45, 2.75) is 59.2 Å². The van der Waals surface area contributed by atoms with Gasteiger partial charge in [-0.25, -0.2) is 0 Å². The number of nitrogens with one attached hydrogen (secondary N) is 1. The van der Waals surface area contributed by atoms with Crippen molar-refractivity contribution < 1.29 is 24.2 Å². The highest BCUT2D eigenvalue weighted by atomic mass is 35.5. The van der Waals surface area contributed by atoms with Crippen molar-refractivity contribution in [1.29, 1.82) is 0 Å². The van der Waals surface area contributed by atoms with E-state index in [1.807, 2.05) is 32.9 Å². The number of aliphatic hydroxyl groups is 1. The van der Waals surface area contributed by atoms with E-state index in [2.05, 4.69) is 10.4 Å². The number of aromatic nitrogens is 2. The van der Waals surface area contributed by atoms with Crippen LogP contribution in [-0.2, 0) is 16.1 Å². The number of rotatable bonds is 11. The molecular weight excluding hydrogens is 472 g/mol. The lowest BCUT2D eigenvalue weighted by Crippen LogP contribution is -2.46. The maximum Gasteiger partial charge on any atom is 0.251 e. The van der Waals surface area contributed by atoms with Crippen LogP contribution in [0.4, 0.5) is 5.82 Å². The molecule has 0 saturated heterocycles. The fraction of sp³-hybridized carbons (Fsp3) is 0.480. The second kappa shape index (κ2) is 12.1. The van der Waals surface area contributed by atoms with Gasteiger partial charge in [-0.15, -0.1) is 12.4 Å². The van der Waals surface area contributed by atoms with Gasteiger partial charge < -0.3 is 24.8 Å². The molecule has 2 amide bonds. The van der Waals surface area contributed by atoms with Crippen LogP contribution in [-0.4, -0.2) is 56.4 Å². The molecule has 10 heteroatoms. The molecule has 1 aromatic heterocycles. The molecule has 1 aliphatic heterocycles. The number of amides is 2. The van der Waals surface area contributed by atoms with Crippen molar-refractivity contribution in [2.75, 3.05) is 18.5 Å². The molecule has 0 spiro atoms. The fourth-order valence-corrected chi connectivity index (χ4v) is 3.73. The van der Waals surface area contributed by atoms with E-state index in [1.165, 1.54) is 11.0 Å². The Kier molecular flexibility index (Phi) is 9.73. The molecule has 35 heavy (non-hydrogen) atoms. The van der Waals surface area contributed by atoms with Gasteiger partial charge in [0.15, 0.2) is 17.3 Å². The molecule has 2 heterocycles. The third-order valence-corrected chi connectivity index (χ3v) is 5.10. The lowest BCUT2D eigenvalue weighted by atomic mass is 10.0. The topological polar surface area (TPSA) is 106 Å². The number of carbonyl (C=O) groups excluding carboxylic acids is 2. The highest BCUT2D eigenvalue weighted by Gasteiger charge is 2.35. The van der Waals surface area contributed by atoms with E-state index in [1.54, 1.807) is 42.9 Å². The number of hydrogen-bond donors (Lipinski definition) is 2. The van der Waals surface area contributed by atoms with Crippen LogP contribution < -0.4 is 14.8 Å². The summed E-state index contributed by atoms with van der Waals surface area (Å²) in [6.07, 6.45) is 3.59. The molecule has 1 aromatic carbocycles. The first-order valence-corrected chi connectivity index (χ1v) is 11.5. The van der Waals surface area contributed by atoms with Crippen molar-refractivity contribution in [3.05, 3.63) is 48.4 Å². The van der Waals surface area contributed by atoms with E-state index in [-0.39, 0.29) is 43.2 Å². The minimum absolute atomic E-state index is 0. The monoisotopic (exact) mass is 506 g/mol. The van der Waals surface area contributed by atoms with Crippen LogP contribution in [0.15, 0.2) is 48.4 Å². The van der Waals surface area contributed by atoms with Gasteiger partial charge in [-0.2, -0.15) is 5.10 Å². The zero-order chi connectivity index (χ0) is 24.9. The first kappa shape index (κ1) is 28.2. The minimum atomic E-state index is -0.932. The third-order valence-electron chi connectivity index (χ3n) is 5.10. The predicted octanol–water partition coefficient (Wildman–Crippen LogP) is 3.63. The van der Waals surface area contributed by atoms with E-state index in [4.69, 9.17) is 9.47 Å². The second-order valence-electron chi connectivity index (χ2n) is 9.40. The van der Waals surface area contributed by atoms with Crippen LogP contribution in [0.25, 0.3) is 0 Å². The Morgan fingerprint density at radius 3 is 2.54 bits per heavy atom. The maximum atomic E-state index is 13.2. The summed E-state index contributed by atoms with van der Waals surface area (Å²) in [4.78, 5) is 27.5. The molecule has 0 unspecified atom stereocenters. The van der Waals surface area contributed by atoms with E-state index in [0.717, 1.165) is 0 Å². The Labute approximate surface area is 212 Å². The lowest BCUT2D eigenvalue weighted by Gasteiger charge is -2.28. The summed E-state index contributed by atoms with van der Waals surface area (Å²) in [5.74, 6) is 1.51. The summed E-state index contributed by atoms with van der Waals surface area (Å²) < 4.78 is 13.1. The Balaban J connectivity index is 0.00000432. The number of para-hydroxylation sites is 2. The average Bonchev–Trinajstić information content (AvgIpc) is 3.32. The van der Waals surface area contributed by atoms with Gasteiger partial charge in [0.05, 0.1) is 25.3 Å². The first-order valence-electron chi connectivity index (χ1n) is 11.5. The largest absolute Gasteiger partial charge is 0.490 e. The van der Waals surface area contributed by atoms with Gasteiger partial charge in [0, 0.05) is 18.3 Å². The van der Waals surface area contributed by atoms with Crippen LogP contribution in [0, 0.1) is 5.92 Å². The van der Waals surface area contributed by atoms with Crippen LogP contribution >= 0.6 is 12.4 Å². The van der Waals surface area contributed by atoms with Gasteiger partial charge in [-0.3, -0.25) is 14.3 Å². The molecule has 0 saturated carbocycles. The average molecular weight is 507 g/mol. The highest BCUT2D eigenvalue weighted by molar-refractivity contribution is 5.99. The molecule has 2 aromatic rings. The Morgan fingerprint density at radius 1 is 1.23 bits per heavy atom. The Bertz CT molecular complexity index is 1040. The van der Waals surface area contributed by atoms with Gasteiger partial charge in [0.1, 0.15) is 11.8 Å². The molecule has 2 N–H and O–H groups in total. The summed E-state index contributed by atoms with van der Waals surface area (Å²) in [6.45, 7) is 10.2. The van der Waals surface area contributed by atoms with Gasteiger partial charge in [0.2, 0.25) is 5.91 Å². The number of ether oxygens (including phenoxy) is 2. The number of anilines is 1. The highest BCUT2D eigenvalue weighted by Crippen LogP contribution is 2.30. The SMILES string of the molecule is CCOc1ccccc1OC1=CC(=O)N([C@@H](CC(C)C)C(=O)Nc2ccn(CC(C)(C)O)n2)C1.Cl. The van der Waals surface area contributed by atoms with Gasteiger partial charge in [-0.1, -0.05) is 26.0 Å². The van der Waals surface area contributed by atoms with Crippen LogP contribution in [0.2, 0.25) is 0 Å². The Hall–Kier alpha value is -3.04. The lowest BCUT2D eigenvalue weighted by molar-refractivity contribution is -0.133. The number of carbonyl (C=O) groups is 2. The van der Waals surface area contributed by atoms with E-state index in [9.17, 15) is 14.7 Å². The fourth-order valence-electron chi connectivity index (χ4n) is 3.73. The minimum Gasteiger partial charge on any atom is -0.490 e. The molecule has 0 radical (unpaired) electrons. The molecule has 0 fully saturated rings. The van der Waals surface area contributed by atoms with Crippen molar-refractivity contribution in [1.82, 2.24) is 14.7 Å². The second-order valence-corrected chi connectivity index (χ2v) is 9.40. The number of benzene rings is 1. The van der Waals surface area contributed by atoms with Crippen molar-refractivity contribution in [2.24, 2.45) is 5.92 Å². The maximum absolute atomic E-state index is 13.2. The molecular formula is C25H35ClN4O5. The number of hydrogen-bond acceptors (Lipinski definition) is 6. The van der Waals surface area contributed by atoms with Crippen LogP contribution in [0.3, 0.4) is 0 Å². The smallest absolute Gasteiger partial charge is 0.251 e.